The van der Waals surface area contributed by atoms with Crippen LogP contribution in [-0.4, -0.2) is 33.0 Å². The fraction of sp³-hybridized carbons (Fsp3) is 0.467. The van der Waals surface area contributed by atoms with Crippen LogP contribution < -0.4 is 4.90 Å². The fourth-order valence-corrected chi connectivity index (χ4v) is 1.76. The lowest BCUT2D eigenvalue weighted by Gasteiger charge is -2.13. The van der Waals surface area contributed by atoms with Gasteiger partial charge in [-0.3, -0.25) is 9.59 Å². The van der Waals surface area contributed by atoms with Gasteiger partial charge in [0.05, 0.1) is 7.11 Å². The molecule has 104 valence electrons. The minimum atomic E-state index is -0.220. The molecule has 0 aliphatic rings. The maximum atomic E-state index is 12.0. The van der Waals surface area contributed by atoms with E-state index in [-0.39, 0.29) is 11.8 Å². The molecule has 1 aromatic rings. The highest BCUT2D eigenvalue weighted by molar-refractivity contribution is 5.96. The molecule has 0 aliphatic carbocycles. The Balaban J connectivity index is 2.45. The number of rotatable bonds is 7. The molecule has 0 amide bonds. The maximum absolute atomic E-state index is 12.0. The molecule has 0 N–H and O–H groups in total. The zero-order valence-corrected chi connectivity index (χ0v) is 11.8. The molecule has 0 spiro atoms. The van der Waals surface area contributed by atoms with E-state index in [0.29, 0.717) is 25.7 Å². The van der Waals surface area contributed by atoms with Crippen LogP contribution in [0.5, 0.6) is 0 Å². The first kappa shape index (κ1) is 15.2. The highest BCUT2D eigenvalue weighted by Gasteiger charge is 2.08. The Bertz CT molecular complexity index is 441. The minimum absolute atomic E-state index is 0.119. The number of ketones is 1. The smallest absolute Gasteiger partial charge is 0.305 e. The number of nitrogens with zero attached hydrogens (tertiary/aromatic N) is 1. The van der Waals surface area contributed by atoms with Gasteiger partial charge < -0.3 is 9.64 Å². The molecule has 0 fully saturated rings. The van der Waals surface area contributed by atoms with Gasteiger partial charge in [0.15, 0.2) is 5.78 Å². The number of carbonyl (C=O) groups excluding carboxylic acids is 2. The Morgan fingerprint density at radius 3 is 2.47 bits per heavy atom. The number of hydrogen-bond donors (Lipinski definition) is 0. The molecule has 1 aromatic carbocycles. The van der Waals surface area contributed by atoms with Crippen molar-refractivity contribution in [1.29, 1.82) is 0 Å². The van der Waals surface area contributed by atoms with E-state index < -0.39 is 0 Å². The monoisotopic (exact) mass is 263 g/mol. The third kappa shape index (κ3) is 5.12. The van der Waals surface area contributed by atoms with Gasteiger partial charge in [0.1, 0.15) is 0 Å². The van der Waals surface area contributed by atoms with Gasteiger partial charge in [0.25, 0.3) is 0 Å². The summed E-state index contributed by atoms with van der Waals surface area (Å²) >= 11 is 0. The molecule has 19 heavy (non-hydrogen) atoms. The maximum Gasteiger partial charge on any atom is 0.305 e. The molecular formula is C15H21NO3. The van der Waals surface area contributed by atoms with Crippen molar-refractivity contribution in [2.45, 2.75) is 25.7 Å². The second-order valence-electron chi connectivity index (χ2n) is 4.65. The third-order valence-corrected chi connectivity index (χ3v) is 2.95. The van der Waals surface area contributed by atoms with Crippen molar-refractivity contribution in [3.8, 4) is 0 Å². The van der Waals surface area contributed by atoms with Crippen LogP contribution >= 0.6 is 0 Å². The van der Waals surface area contributed by atoms with Gasteiger partial charge in [0, 0.05) is 38.2 Å². The second kappa shape index (κ2) is 7.56. The molecule has 0 aliphatic heterocycles. The summed E-state index contributed by atoms with van der Waals surface area (Å²) in [6.07, 6.45) is 2.24. The van der Waals surface area contributed by atoms with E-state index in [1.165, 1.54) is 7.11 Å². The number of ether oxygens (including phenoxy) is 1. The van der Waals surface area contributed by atoms with Gasteiger partial charge in [-0.05, 0) is 25.0 Å². The zero-order valence-electron chi connectivity index (χ0n) is 11.8. The average Bonchev–Trinajstić information content (AvgIpc) is 2.43. The molecule has 1 rings (SSSR count). The van der Waals surface area contributed by atoms with Gasteiger partial charge in [-0.25, -0.2) is 0 Å². The number of benzene rings is 1. The summed E-state index contributed by atoms with van der Waals surface area (Å²) in [5.41, 5.74) is 1.74. The molecule has 0 aromatic heterocycles. The lowest BCUT2D eigenvalue weighted by Crippen LogP contribution is -2.09. The lowest BCUT2D eigenvalue weighted by atomic mass is 10.0. The van der Waals surface area contributed by atoms with Crippen LogP contribution in [0.2, 0.25) is 0 Å². The van der Waals surface area contributed by atoms with E-state index in [1.54, 1.807) is 0 Å². The van der Waals surface area contributed by atoms with E-state index in [9.17, 15) is 9.59 Å². The molecule has 0 saturated carbocycles. The predicted molar refractivity (Wildman–Crippen MR) is 75.6 cm³/mol. The van der Waals surface area contributed by atoms with Crippen molar-refractivity contribution < 1.29 is 14.3 Å². The van der Waals surface area contributed by atoms with Crippen molar-refractivity contribution in [2.75, 3.05) is 26.1 Å². The minimum Gasteiger partial charge on any atom is -0.469 e. The quantitative estimate of drug-likeness (QED) is 0.431. The summed E-state index contributed by atoms with van der Waals surface area (Å²) in [6.45, 7) is 0. The molecule has 4 heteroatoms. The fourth-order valence-electron chi connectivity index (χ4n) is 1.76. The second-order valence-corrected chi connectivity index (χ2v) is 4.65. The number of unbranched alkanes of at least 4 members (excludes halogenated alkanes) is 1. The Morgan fingerprint density at radius 1 is 1.16 bits per heavy atom. The molecule has 0 heterocycles. The van der Waals surface area contributed by atoms with Crippen LogP contribution in [0.25, 0.3) is 0 Å². The van der Waals surface area contributed by atoms with Crippen molar-refractivity contribution >= 4 is 17.4 Å². The molecule has 4 nitrogen and oxygen atoms in total. The van der Waals surface area contributed by atoms with Crippen LogP contribution in [0.3, 0.4) is 0 Å². The summed E-state index contributed by atoms with van der Waals surface area (Å²) in [6, 6.07) is 7.57. The highest BCUT2D eigenvalue weighted by Crippen LogP contribution is 2.16. The number of Topliss-reactive ketones (excluding diaryl/α,β-unsaturated/α-hetero) is 1. The molecular weight excluding hydrogens is 242 g/mol. The standard InChI is InChI=1S/C15H21NO3/c1-16(2)13-8-6-7-12(11-13)14(17)9-4-5-10-15(18)19-3/h6-8,11H,4-5,9-10H2,1-3H3. The van der Waals surface area contributed by atoms with Gasteiger partial charge in [0.2, 0.25) is 0 Å². The topological polar surface area (TPSA) is 46.6 Å². The zero-order chi connectivity index (χ0) is 14.3. The van der Waals surface area contributed by atoms with Gasteiger partial charge in [-0.1, -0.05) is 12.1 Å². The average molecular weight is 263 g/mol. The van der Waals surface area contributed by atoms with E-state index in [0.717, 1.165) is 11.3 Å². The van der Waals surface area contributed by atoms with E-state index in [1.807, 2.05) is 43.3 Å². The van der Waals surface area contributed by atoms with Crippen molar-refractivity contribution in [3.05, 3.63) is 29.8 Å². The number of hydrogen-bond acceptors (Lipinski definition) is 4. The van der Waals surface area contributed by atoms with Crippen molar-refractivity contribution in [2.24, 2.45) is 0 Å². The summed E-state index contributed by atoms with van der Waals surface area (Å²) in [7, 11) is 5.26. The van der Waals surface area contributed by atoms with Crippen LogP contribution in [0.15, 0.2) is 24.3 Å². The molecule has 0 atom stereocenters. The third-order valence-electron chi connectivity index (χ3n) is 2.95. The highest BCUT2D eigenvalue weighted by atomic mass is 16.5. The first-order chi connectivity index (χ1) is 9.04. The summed E-state index contributed by atoms with van der Waals surface area (Å²) in [5, 5.41) is 0. The van der Waals surface area contributed by atoms with E-state index in [4.69, 9.17) is 0 Å². The number of esters is 1. The molecule has 0 radical (unpaired) electrons. The lowest BCUT2D eigenvalue weighted by molar-refractivity contribution is -0.140. The summed E-state index contributed by atoms with van der Waals surface area (Å²) in [5.74, 6) is -0.101. The van der Waals surface area contributed by atoms with E-state index >= 15 is 0 Å². The first-order valence-electron chi connectivity index (χ1n) is 6.42. The predicted octanol–water partition coefficient (Wildman–Crippen LogP) is 2.67. The Hall–Kier alpha value is -1.84. The molecule has 0 unspecified atom stereocenters. The molecule has 0 bridgehead atoms. The largest absolute Gasteiger partial charge is 0.469 e. The van der Waals surface area contributed by atoms with Crippen LogP contribution in [-0.2, 0) is 9.53 Å². The van der Waals surface area contributed by atoms with Crippen LogP contribution in [0.1, 0.15) is 36.0 Å². The van der Waals surface area contributed by atoms with Crippen LogP contribution in [0, 0.1) is 0 Å². The molecule has 0 saturated heterocycles. The van der Waals surface area contributed by atoms with Gasteiger partial charge in [-0.15, -0.1) is 0 Å². The first-order valence-corrected chi connectivity index (χ1v) is 6.42. The number of carbonyl (C=O) groups is 2. The normalized spacial score (nSPS) is 10.1. The van der Waals surface area contributed by atoms with Gasteiger partial charge >= 0.3 is 5.97 Å². The van der Waals surface area contributed by atoms with Gasteiger partial charge in [-0.2, -0.15) is 0 Å². The summed E-state index contributed by atoms with van der Waals surface area (Å²) < 4.78 is 4.55. The van der Waals surface area contributed by atoms with Crippen LogP contribution in [0.4, 0.5) is 5.69 Å². The number of anilines is 1. The van der Waals surface area contributed by atoms with Crippen molar-refractivity contribution in [1.82, 2.24) is 0 Å². The van der Waals surface area contributed by atoms with E-state index in [2.05, 4.69) is 4.74 Å². The van der Waals surface area contributed by atoms with Crippen molar-refractivity contribution in [3.63, 3.8) is 0 Å². The Kier molecular flexibility index (Phi) is 6.06. The SMILES string of the molecule is COC(=O)CCCCC(=O)c1cccc(N(C)C)c1. The summed E-state index contributed by atoms with van der Waals surface area (Å²) in [4.78, 5) is 24.9. The Labute approximate surface area is 114 Å². The number of methoxy groups -OCH3 is 1. The Morgan fingerprint density at radius 2 is 1.84 bits per heavy atom.